The van der Waals surface area contributed by atoms with Crippen LogP contribution in [0.2, 0.25) is 0 Å². The van der Waals surface area contributed by atoms with E-state index in [1.807, 2.05) is 6.92 Å². The van der Waals surface area contributed by atoms with Gasteiger partial charge in [0, 0.05) is 17.7 Å². The number of ether oxygens (including phenoxy) is 1. The van der Waals surface area contributed by atoms with Crippen molar-refractivity contribution in [2.75, 3.05) is 6.61 Å². The highest BCUT2D eigenvalue weighted by Gasteiger charge is 2.22. The first-order valence-corrected chi connectivity index (χ1v) is 12.4. The molecule has 0 saturated heterocycles. The van der Waals surface area contributed by atoms with Gasteiger partial charge in [-0.3, -0.25) is 14.9 Å². The molecule has 1 amide bonds. The fraction of sp³-hybridized carbons (Fsp3) is 0.130. The van der Waals surface area contributed by atoms with Crippen molar-refractivity contribution < 1.29 is 27.1 Å². The summed E-state index contributed by atoms with van der Waals surface area (Å²) in [6.07, 6.45) is 1.31. The first-order valence-electron chi connectivity index (χ1n) is 10.2. The predicted molar refractivity (Wildman–Crippen MR) is 132 cm³/mol. The van der Waals surface area contributed by atoms with Crippen LogP contribution in [0.1, 0.15) is 28.4 Å². The summed E-state index contributed by atoms with van der Waals surface area (Å²) in [7, 11) is -4.12. The Labute approximate surface area is 210 Å². The molecule has 0 aliphatic heterocycles. The highest BCUT2D eigenvalue weighted by atomic mass is 79.9. The third kappa shape index (κ3) is 6.64. The van der Waals surface area contributed by atoms with Crippen LogP contribution in [0.15, 0.2) is 75.1 Å². The number of non-ortho nitro benzene ring substituents is 1. The predicted octanol–water partition coefficient (Wildman–Crippen LogP) is 4.60. The molecule has 0 aromatic heterocycles. The molecule has 0 fully saturated rings. The molecule has 12 heteroatoms. The van der Waals surface area contributed by atoms with Gasteiger partial charge in [-0.1, -0.05) is 23.8 Å². The van der Waals surface area contributed by atoms with Crippen molar-refractivity contribution in [1.82, 2.24) is 5.43 Å². The molecule has 0 unspecified atom stereocenters. The number of hydrogen-bond acceptors (Lipinski definition) is 8. The van der Waals surface area contributed by atoms with Gasteiger partial charge in [0.05, 0.1) is 22.2 Å². The summed E-state index contributed by atoms with van der Waals surface area (Å²) in [6.45, 7) is 3.80. The number of carbonyl (C=O) groups is 1. The molecule has 35 heavy (non-hydrogen) atoms. The molecule has 0 aliphatic rings. The van der Waals surface area contributed by atoms with Crippen LogP contribution in [0, 0.1) is 17.0 Å². The average molecular weight is 562 g/mol. The number of hydrazone groups is 1. The molecule has 0 atom stereocenters. The zero-order chi connectivity index (χ0) is 25.6. The zero-order valence-corrected chi connectivity index (χ0v) is 21.0. The molecule has 0 saturated carbocycles. The molecule has 3 aromatic carbocycles. The van der Waals surface area contributed by atoms with E-state index < -0.39 is 20.9 Å². The van der Waals surface area contributed by atoms with Crippen LogP contribution in [0.3, 0.4) is 0 Å². The molecular weight excluding hydrogens is 542 g/mol. The third-order valence-electron chi connectivity index (χ3n) is 4.53. The van der Waals surface area contributed by atoms with Crippen LogP contribution < -0.4 is 14.3 Å². The van der Waals surface area contributed by atoms with Gasteiger partial charge in [-0.15, -0.1) is 0 Å². The van der Waals surface area contributed by atoms with Crippen molar-refractivity contribution in [3.63, 3.8) is 0 Å². The number of benzene rings is 3. The number of rotatable bonds is 9. The maximum absolute atomic E-state index is 12.7. The number of nitrogens with one attached hydrogen (secondary N) is 1. The number of halogens is 1. The van der Waals surface area contributed by atoms with E-state index >= 15 is 0 Å². The minimum atomic E-state index is -4.12. The van der Waals surface area contributed by atoms with Crippen LogP contribution in [0.4, 0.5) is 5.69 Å². The summed E-state index contributed by atoms with van der Waals surface area (Å²) < 4.78 is 36.7. The summed E-state index contributed by atoms with van der Waals surface area (Å²) in [5.74, 6) is -0.535. The van der Waals surface area contributed by atoms with E-state index in [4.69, 9.17) is 8.92 Å². The molecule has 182 valence electrons. The Bertz CT molecular complexity index is 1390. The highest BCUT2D eigenvalue weighted by molar-refractivity contribution is 9.10. The van der Waals surface area contributed by atoms with Gasteiger partial charge in [0.2, 0.25) is 0 Å². The monoisotopic (exact) mass is 561 g/mol. The van der Waals surface area contributed by atoms with E-state index in [1.165, 1.54) is 48.7 Å². The second-order valence-corrected chi connectivity index (χ2v) is 9.52. The molecule has 10 nitrogen and oxygen atoms in total. The average Bonchev–Trinajstić information content (AvgIpc) is 2.81. The molecule has 0 heterocycles. The van der Waals surface area contributed by atoms with Gasteiger partial charge in [0.25, 0.3) is 11.6 Å². The fourth-order valence-corrected chi connectivity index (χ4v) is 4.46. The standard InChI is InChI=1S/C23H20BrN3O7S/c1-3-33-21-12-16(14-25-26-23(28)17-5-4-6-18(13-17)27(29)30)11-20(24)22(21)34-35(31,32)19-9-7-15(2)8-10-19/h4-14H,3H2,1-2H3,(H,26,28)/b25-14+. The quantitative estimate of drug-likeness (QED) is 0.174. The second kappa shape index (κ2) is 11.1. The molecule has 0 bridgehead atoms. The van der Waals surface area contributed by atoms with Crippen molar-refractivity contribution in [3.8, 4) is 11.5 Å². The van der Waals surface area contributed by atoms with E-state index in [9.17, 15) is 23.3 Å². The van der Waals surface area contributed by atoms with E-state index in [2.05, 4.69) is 26.5 Å². The normalized spacial score (nSPS) is 11.3. The number of nitro benzene ring substituents is 1. The van der Waals surface area contributed by atoms with Gasteiger partial charge in [-0.2, -0.15) is 13.5 Å². The smallest absolute Gasteiger partial charge is 0.339 e. The summed E-state index contributed by atoms with van der Waals surface area (Å²) in [5, 5.41) is 14.7. The van der Waals surface area contributed by atoms with Gasteiger partial charge in [0.15, 0.2) is 11.5 Å². The van der Waals surface area contributed by atoms with E-state index in [0.717, 1.165) is 11.6 Å². The summed E-state index contributed by atoms with van der Waals surface area (Å²) in [5.41, 5.74) is 3.50. The zero-order valence-electron chi connectivity index (χ0n) is 18.6. The Morgan fingerprint density at radius 2 is 1.89 bits per heavy atom. The third-order valence-corrected chi connectivity index (χ3v) is 6.36. The van der Waals surface area contributed by atoms with Gasteiger partial charge in [-0.05, 0) is 65.7 Å². The lowest BCUT2D eigenvalue weighted by atomic mass is 10.2. The van der Waals surface area contributed by atoms with Crippen LogP contribution in [0.25, 0.3) is 0 Å². The molecular formula is C23H20BrN3O7S. The Kier molecular flexibility index (Phi) is 8.20. The summed E-state index contributed by atoms with van der Waals surface area (Å²) >= 11 is 3.30. The Hall–Kier alpha value is -3.77. The minimum Gasteiger partial charge on any atom is -0.490 e. The topological polar surface area (TPSA) is 137 Å². The largest absolute Gasteiger partial charge is 0.490 e. The number of nitrogens with zero attached hydrogens (tertiary/aromatic N) is 2. The molecule has 0 radical (unpaired) electrons. The second-order valence-electron chi connectivity index (χ2n) is 7.12. The molecule has 1 N–H and O–H groups in total. The van der Waals surface area contributed by atoms with E-state index in [1.54, 1.807) is 19.1 Å². The fourth-order valence-electron chi connectivity index (χ4n) is 2.86. The number of aryl methyl sites for hydroxylation is 1. The van der Waals surface area contributed by atoms with Gasteiger partial charge < -0.3 is 8.92 Å². The van der Waals surface area contributed by atoms with Crippen molar-refractivity contribution in [1.29, 1.82) is 0 Å². The van der Waals surface area contributed by atoms with Crippen LogP contribution >= 0.6 is 15.9 Å². The number of nitro groups is 1. The maximum atomic E-state index is 12.7. The van der Waals surface area contributed by atoms with Gasteiger partial charge in [-0.25, -0.2) is 5.43 Å². The van der Waals surface area contributed by atoms with E-state index in [0.29, 0.717) is 5.56 Å². The summed E-state index contributed by atoms with van der Waals surface area (Å²) in [6, 6.07) is 14.5. The molecule has 0 aliphatic carbocycles. The van der Waals surface area contributed by atoms with Gasteiger partial charge >= 0.3 is 10.1 Å². The van der Waals surface area contributed by atoms with E-state index in [-0.39, 0.29) is 38.7 Å². The van der Waals surface area contributed by atoms with Crippen molar-refractivity contribution in [2.45, 2.75) is 18.7 Å². The Balaban J connectivity index is 1.81. The minimum absolute atomic E-state index is 0.00745. The Morgan fingerprint density at radius 1 is 1.17 bits per heavy atom. The number of amides is 1. The van der Waals surface area contributed by atoms with Crippen LogP contribution in [-0.2, 0) is 10.1 Å². The maximum Gasteiger partial charge on any atom is 0.339 e. The van der Waals surface area contributed by atoms with Crippen molar-refractivity contribution in [2.24, 2.45) is 5.10 Å². The SMILES string of the molecule is CCOc1cc(/C=N/NC(=O)c2cccc([N+](=O)[O-])c2)cc(Br)c1OS(=O)(=O)c1ccc(C)cc1. The summed E-state index contributed by atoms with van der Waals surface area (Å²) in [4.78, 5) is 22.5. The highest BCUT2D eigenvalue weighted by Crippen LogP contribution is 2.38. The number of carbonyl (C=O) groups excluding carboxylic acids is 1. The van der Waals surface area contributed by atoms with Crippen LogP contribution in [-0.4, -0.2) is 32.1 Å². The first-order chi connectivity index (χ1) is 16.6. The Morgan fingerprint density at radius 3 is 2.54 bits per heavy atom. The van der Waals surface area contributed by atoms with Gasteiger partial charge in [0.1, 0.15) is 4.90 Å². The number of hydrogen-bond donors (Lipinski definition) is 1. The van der Waals surface area contributed by atoms with Crippen molar-refractivity contribution in [3.05, 3.63) is 91.9 Å². The lowest BCUT2D eigenvalue weighted by Crippen LogP contribution is -2.17. The molecule has 3 rings (SSSR count). The first kappa shape index (κ1) is 25.8. The van der Waals surface area contributed by atoms with Crippen molar-refractivity contribution >= 4 is 43.9 Å². The lowest BCUT2D eigenvalue weighted by Gasteiger charge is -2.14. The molecule has 0 spiro atoms. The van der Waals surface area contributed by atoms with Crippen LogP contribution in [0.5, 0.6) is 11.5 Å². The molecule has 3 aromatic rings. The lowest BCUT2D eigenvalue weighted by molar-refractivity contribution is -0.384.